The number of pyridine rings is 1. The van der Waals surface area contributed by atoms with Crippen molar-refractivity contribution in [3.63, 3.8) is 0 Å². The molecule has 5 nitrogen and oxygen atoms in total. The van der Waals surface area contributed by atoms with Crippen molar-refractivity contribution in [2.24, 2.45) is 5.10 Å². The number of nitrogens with one attached hydrogen (secondary N) is 1. The number of nitrogens with zero attached hydrogens (tertiary/aromatic N) is 2. The quantitative estimate of drug-likeness (QED) is 0.505. The van der Waals surface area contributed by atoms with Gasteiger partial charge >= 0.3 is 0 Å². The number of hydrogen-bond acceptors (Lipinski definition) is 4. The molecule has 0 fully saturated rings. The second kappa shape index (κ2) is 7.98. The van der Waals surface area contributed by atoms with Gasteiger partial charge in [-0.2, -0.15) is 5.10 Å². The molecular weight excluding hydrogens is 349 g/mol. The van der Waals surface area contributed by atoms with E-state index >= 15 is 0 Å². The monoisotopic (exact) mass is 357 g/mol. The highest BCUT2D eigenvalue weighted by molar-refractivity contribution is 6.43. The zero-order valence-electron chi connectivity index (χ0n) is 11.1. The molecule has 0 spiro atoms. The maximum absolute atomic E-state index is 11.6. The van der Waals surface area contributed by atoms with Gasteiger partial charge in [0, 0.05) is 18.5 Å². The summed E-state index contributed by atoms with van der Waals surface area (Å²) in [4.78, 5) is 15.5. The molecule has 1 aromatic heterocycles. The van der Waals surface area contributed by atoms with Gasteiger partial charge in [-0.15, -0.1) is 0 Å². The van der Waals surface area contributed by atoms with Gasteiger partial charge in [-0.05, 0) is 23.8 Å². The van der Waals surface area contributed by atoms with E-state index in [9.17, 15) is 4.79 Å². The Balaban J connectivity index is 1.86. The molecule has 0 saturated heterocycles. The Labute approximate surface area is 141 Å². The zero-order valence-corrected chi connectivity index (χ0v) is 13.4. The number of aromatic nitrogens is 1. The third-order valence-corrected chi connectivity index (χ3v) is 3.46. The summed E-state index contributed by atoms with van der Waals surface area (Å²) in [5.41, 5.74) is 3.14. The van der Waals surface area contributed by atoms with Crippen LogP contribution >= 0.6 is 34.8 Å². The second-order valence-corrected chi connectivity index (χ2v) is 5.28. The van der Waals surface area contributed by atoms with E-state index in [-0.39, 0.29) is 22.4 Å². The molecule has 0 aliphatic heterocycles. The zero-order chi connectivity index (χ0) is 15.9. The van der Waals surface area contributed by atoms with Crippen LogP contribution in [0.4, 0.5) is 0 Å². The fourth-order valence-corrected chi connectivity index (χ4v) is 2.01. The van der Waals surface area contributed by atoms with Crippen molar-refractivity contribution >= 4 is 46.9 Å². The SMILES string of the molecule is O=C(COc1cc(Cl)c(Cl)cc1Cl)NN=Cc1ccncc1. The number of carbonyl (C=O) groups is 1. The number of carbonyl (C=O) groups excluding carboxylic acids is 1. The third kappa shape index (κ3) is 4.87. The van der Waals surface area contributed by atoms with Crippen LogP contribution in [0.5, 0.6) is 5.75 Å². The van der Waals surface area contributed by atoms with Crippen LogP contribution < -0.4 is 10.2 Å². The van der Waals surface area contributed by atoms with Gasteiger partial charge < -0.3 is 4.74 Å². The molecule has 1 N–H and O–H groups in total. The number of rotatable bonds is 5. The lowest BCUT2D eigenvalue weighted by Crippen LogP contribution is -2.24. The molecule has 8 heteroatoms. The predicted molar refractivity (Wildman–Crippen MR) is 86.9 cm³/mol. The molecule has 114 valence electrons. The lowest BCUT2D eigenvalue weighted by Gasteiger charge is -2.08. The molecule has 0 atom stereocenters. The Kier molecular flexibility index (Phi) is 6.00. The Morgan fingerprint density at radius 3 is 2.59 bits per heavy atom. The highest BCUT2D eigenvalue weighted by atomic mass is 35.5. The lowest BCUT2D eigenvalue weighted by atomic mass is 10.3. The summed E-state index contributed by atoms with van der Waals surface area (Å²) in [5, 5.41) is 4.66. The second-order valence-electron chi connectivity index (χ2n) is 4.06. The standard InChI is InChI=1S/C14H10Cl3N3O2/c15-10-5-12(17)13(6-11(10)16)22-8-14(21)20-19-7-9-1-3-18-4-2-9/h1-7H,8H2,(H,20,21). The van der Waals surface area contributed by atoms with Gasteiger partial charge in [0.2, 0.25) is 0 Å². The predicted octanol–water partition coefficient (Wildman–Crippen LogP) is 3.57. The van der Waals surface area contributed by atoms with E-state index in [1.807, 2.05) is 0 Å². The van der Waals surface area contributed by atoms with Gasteiger partial charge in [-0.1, -0.05) is 34.8 Å². The largest absolute Gasteiger partial charge is 0.482 e. The maximum atomic E-state index is 11.6. The normalized spacial score (nSPS) is 10.7. The molecule has 1 amide bonds. The van der Waals surface area contributed by atoms with Gasteiger partial charge in [0.15, 0.2) is 6.61 Å². The molecule has 22 heavy (non-hydrogen) atoms. The van der Waals surface area contributed by atoms with Crippen molar-refractivity contribution in [3.8, 4) is 5.75 Å². The van der Waals surface area contributed by atoms with Crippen LogP contribution in [0, 0.1) is 0 Å². The summed E-state index contributed by atoms with van der Waals surface area (Å²) in [5.74, 6) is -0.170. The van der Waals surface area contributed by atoms with Gasteiger partial charge in [-0.25, -0.2) is 5.43 Å². The summed E-state index contributed by atoms with van der Waals surface area (Å²) in [6, 6.07) is 6.39. The van der Waals surface area contributed by atoms with Crippen LogP contribution in [0.2, 0.25) is 15.1 Å². The first kappa shape index (κ1) is 16.5. The third-order valence-electron chi connectivity index (χ3n) is 2.44. The molecule has 1 heterocycles. The molecule has 0 bridgehead atoms. The molecule has 2 rings (SSSR count). The van der Waals surface area contributed by atoms with Crippen LogP contribution in [-0.4, -0.2) is 23.7 Å². The van der Waals surface area contributed by atoms with E-state index in [1.165, 1.54) is 18.3 Å². The molecule has 0 unspecified atom stereocenters. The first-order valence-corrected chi connectivity index (χ1v) is 7.19. The van der Waals surface area contributed by atoms with E-state index < -0.39 is 5.91 Å². The van der Waals surface area contributed by atoms with Gasteiger partial charge in [0.25, 0.3) is 5.91 Å². The van der Waals surface area contributed by atoms with Gasteiger partial charge in [0.1, 0.15) is 5.75 Å². The van der Waals surface area contributed by atoms with Crippen molar-refractivity contribution < 1.29 is 9.53 Å². The van der Waals surface area contributed by atoms with Gasteiger partial charge in [-0.3, -0.25) is 9.78 Å². The molecular formula is C14H10Cl3N3O2. The Morgan fingerprint density at radius 1 is 1.18 bits per heavy atom. The number of hydrazone groups is 1. The summed E-state index contributed by atoms with van der Waals surface area (Å²) in [6.45, 7) is -0.259. The number of benzene rings is 1. The van der Waals surface area contributed by atoms with Crippen molar-refractivity contribution in [1.29, 1.82) is 0 Å². The number of amides is 1. The van der Waals surface area contributed by atoms with Crippen molar-refractivity contribution in [2.45, 2.75) is 0 Å². The molecule has 0 aliphatic carbocycles. The highest BCUT2D eigenvalue weighted by Gasteiger charge is 2.09. The Bertz CT molecular complexity index is 693. The van der Waals surface area contributed by atoms with Crippen molar-refractivity contribution in [2.75, 3.05) is 6.61 Å². The Morgan fingerprint density at radius 2 is 1.86 bits per heavy atom. The van der Waals surface area contributed by atoms with E-state index in [0.29, 0.717) is 5.02 Å². The number of halogens is 3. The average Bonchev–Trinajstić information content (AvgIpc) is 2.50. The topological polar surface area (TPSA) is 63.6 Å². The molecule has 0 radical (unpaired) electrons. The minimum atomic E-state index is -0.438. The Hall–Kier alpha value is -1.82. The molecule has 0 saturated carbocycles. The first-order valence-electron chi connectivity index (χ1n) is 6.05. The van der Waals surface area contributed by atoms with E-state index in [2.05, 4.69) is 15.5 Å². The van der Waals surface area contributed by atoms with Crippen molar-refractivity contribution in [3.05, 3.63) is 57.3 Å². The number of ether oxygens (including phenoxy) is 1. The summed E-state index contributed by atoms with van der Waals surface area (Å²) in [7, 11) is 0. The smallest absolute Gasteiger partial charge is 0.277 e. The number of hydrogen-bond donors (Lipinski definition) is 1. The summed E-state index contributed by atoms with van der Waals surface area (Å²) in [6.07, 6.45) is 4.74. The van der Waals surface area contributed by atoms with Crippen LogP contribution in [-0.2, 0) is 4.79 Å². The highest BCUT2D eigenvalue weighted by Crippen LogP contribution is 2.33. The van der Waals surface area contributed by atoms with Crippen LogP contribution in [0.1, 0.15) is 5.56 Å². The van der Waals surface area contributed by atoms with E-state index in [4.69, 9.17) is 39.5 Å². The van der Waals surface area contributed by atoms with Crippen LogP contribution in [0.15, 0.2) is 41.8 Å². The molecule has 1 aromatic carbocycles. The lowest BCUT2D eigenvalue weighted by molar-refractivity contribution is -0.123. The fourth-order valence-electron chi connectivity index (χ4n) is 1.42. The molecule has 2 aromatic rings. The van der Waals surface area contributed by atoms with E-state index in [1.54, 1.807) is 24.5 Å². The molecule has 0 aliphatic rings. The van der Waals surface area contributed by atoms with Crippen LogP contribution in [0.3, 0.4) is 0 Å². The first-order chi connectivity index (χ1) is 10.6. The van der Waals surface area contributed by atoms with Crippen molar-refractivity contribution in [1.82, 2.24) is 10.4 Å². The fraction of sp³-hybridized carbons (Fsp3) is 0.0714. The average molecular weight is 359 g/mol. The summed E-state index contributed by atoms with van der Waals surface area (Å²) < 4.78 is 5.27. The van der Waals surface area contributed by atoms with Gasteiger partial charge in [0.05, 0.1) is 21.3 Å². The maximum Gasteiger partial charge on any atom is 0.277 e. The minimum absolute atomic E-state index is 0.259. The van der Waals surface area contributed by atoms with Crippen LogP contribution in [0.25, 0.3) is 0 Å². The minimum Gasteiger partial charge on any atom is -0.482 e. The summed E-state index contributed by atoms with van der Waals surface area (Å²) >= 11 is 17.6. The van der Waals surface area contributed by atoms with E-state index in [0.717, 1.165) is 5.56 Å².